The van der Waals surface area contributed by atoms with Crippen LogP contribution < -0.4 is 21.1 Å². The van der Waals surface area contributed by atoms with Gasteiger partial charge in [-0.15, -0.1) is 0 Å². The number of anilines is 2. The molecule has 3 aromatic carbocycles. The van der Waals surface area contributed by atoms with Crippen molar-refractivity contribution in [3.8, 4) is 22.9 Å². The second-order valence-corrected chi connectivity index (χ2v) is 10.7. The zero-order chi connectivity index (χ0) is 31.5. The number of halogens is 1. The minimum Gasteiger partial charge on any atom is -0.457 e. The number of nitrogens with zero attached hydrogens (tertiary/aromatic N) is 6. The molecule has 1 aliphatic heterocycles. The summed E-state index contributed by atoms with van der Waals surface area (Å²) in [5.74, 6) is 0.315. The molecule has 3 heterocycles. The minimum absolute atomic E-state index is 0.124. The van der Waals surface area contributed by atoms with Crippen LogP contribution in [0.25, 0.3) is 22.5 Å². The molecule has 2 aromatic heterocycles. The lowest BCUT2D eigenvalue weighted by Gasteiger charge is -2.21. The molecule has 1 amide bonds. The Balaban J connectivity index is 1.29. The van der Waals surface area contributed by atoms with Gasteiger partial charge in [-0.3, -0.25) is 14.3 Å². The van der Waals surface area contributed by atoms with Gasteiger partial charge in [0.2, 0.25) is 5.91 Å². The maximum absolute atomic E-state index is 14.0. The van der Waals surface area contributed by atoms with Crippen LogP contribution in [0.5, 0.6) is 11.5 Å². The van der Waals surface area contributed by atoms with Gasteiger partial charge in [-0.2, -0.15) is 0 Å². The number of carbonyl (C=O) groups excluding carboxylic acids is 1. The smallest absolute Gasteiger partial charge is 0.339 e. The van der Waals surface area contributed by atoms with E-state index in [-0.39, 0.29) is 11.7 Å². The van der Waals surface area contributed by atoms with E-state index < -0.39 is 11.5 Å². The Labute approximate surface area is 258 Å². The van der Waals surface area contributed by atoms with Crippen LogP contribution in [0.3, 0.4) is 0 Å². The first-order chi connectivity index (χ1) is 21.8. The number of aromatic nitrogens is 4. The van der Waals surface area contributed by atoms with Crippen LogP contribution in [0.1, 0.15) is 6.42 Å². The van der Waals surface area contributed by atoms with E-state index >= 15 is 0 Å². The molecule has 1 aliphatic rings. The molecule has 1 saturated heterocycles. The average Bonchev–Trinajstić information content (AvgIpc) is 3.68. The molecular weight excluding hydrogens is 577 g/mol. The van der Waals surface area contributed by atoms with Crippen molar-refractivity contribution in [2.24, 2.45) is 0 Å². The van der Waals surface area contributed by atoms with Gasteiger partial charge in [0.25, 0.3) is 0 Å². The predicted molar refractivity (Wildman–Crippen MR) is 170 cm³/mol. The zero-order valence-electron chi connectivity index (χ0n) is 24.8. The molecule has 0 unspecified atom stereocenters. The Morgan fingerprint density at radius 2 is 1.84 bits per heavy atom. The number of carbonyl (C=O) groups is 1. The molecule has 5 aromatic rings. The number of imidazole rings is 1. The van der Waals surface area contributed by atoms with Gasteiger partial charge in [-0.25, -0.2) is 23.7 Å². The maximum atomic E-state index is 14.0. The van der Waals surface area contributed by atoms with Gasteiger partial charge in [-0.05, 0) is 68.1 Å². The number of benzene rings is 3. The highest BCUT2D eigenvalue weighted by Gasteiger charge is 2.22. The fourth-order valence-corrected chi connectivity index (χ4v) is 5.27. The lowest BCUT2D eigenvalue weighted by atomic mass is 10.2. The zero-order valence-corrected chi connectivity index (χ0v) is 24.8. The number of hydrogen-bond acceptors (Lipinski definition) is 8. The Morgan fingerprint density at radius 3 is 2.60 bits per heavy atom. The predicted octanol–water partition coefficient (Wildman–Crippen LogP) is 4.32. The highest BCUT2D eigenvalue weighted by molar-refractivity contribution is 6.01. The van der Waals surface area contributed by atoms with Crippen LogP contribution in [-0.4, -0.2) is 69.8 Å². The molecule has 0 spiro atoms. The number of hydrogen-bond donors (Lipinski definition) is 1. The topological polar surface area (TPSA) is 121 Å². The molecule has 0 aliphatic carbocycles. The number of fused-ring (bicyclic) bond motifs is 1. The normalized spacial score (nSPS) is 14.9. The third-order valence-corrected chi connectivity index (χ3v) is 7.76. The lowest BCUT2D eigenvalue weighted by molar-refractivity contribution is -0.113. The van der Waals surface area contributed by atoms with Gasteiger partial charge in [0.1, 0.15) is 29.2 Å². The van der Waals surface area contributed by atoms with Gasteiger partial charge < -0.3 is 20.1 Å². The van der Waals surface area contributed by atoms with E-state index in [1.165, 1.54) is 32.5 Å². The van der Waals surface area contributed by atoms with Gasteiger partial charge >= 0.3 is 5.69 Å². The van der Waals surface area contributed by atoms with Crippen molar-refractivity contribution in [1.82, 2.24) is 24.0 Å². The second-order valence-electron chi connectivity index (χ2n) is 10.7. The Bertz CT molecular complexity index is 1930. The third kappa shape index (κ3) is 6.19. The summed E-state index contributed by atoms with van der Waals surface area (Å²) in [5, 5.41) is 0. The van der Waals surface area contributed by atoms with Crippen LogP contribution in [0.15, 0.2) is 96.1 Å². The van der Waals surface area contributed by atoms with E-state index in [1.807, 2.05) is 13.1 Å². The molecule has 0 radical (unpaired) electrons. The van der Waals surface area contributed by atoms with E-state index in [2.05, 4.69) is 14.9 Å². The van der Waals surface area contributed by atoms with Crippen LogP contribution in [0.2, 0.25) is 0 Å². The number of nitrogen functional groups attached to an aromatic ring is 1. The fourth-order valence-electron chi connectivity index (χ4n) is 5.27. The molecule has 1 atom stereocenters. The Hall–Kier alpha value is -5.33. The molecule has 0 bridgehead atoms. The summed E-state index contributed by atoms with van der Waals surface area (Å²) in [6.45, 7) is 2.09. The summed E-state index contributed by atoms with van der Waals surface area (Å²) >= 11 is 0. The number of ether oxygens (including phenoxy) is 2. The second kappa shape index (κ2) is 12.7. The molecule has 0 saturated carbocycles. The summed E-state index contributed by atoms with van der Waals surface area (Å²) in [6, 6.07) is 20.0. The highest BCUT2D eigenvalue weighted by atomic mass is 19.1. The van der Waals surface area contributed by atoms with Crippen molar-refractivity contribution < 1.29 is 18.7 Å². The van der Waals surface area contributed by atoms with Crippen molar-refractivity contribution in [3.63, 3.8) is 0 Å². The fraction of sp³-hybridized carbons (Fsp3) is 0.212. The molecular formula is C33H32FN7O4. The number of likely N-dealkylation sites (N-methyl/N-ethyl adjacent to an activating group) is 2. The van der Waals surface area contributed by atoms with E-state index in [1.54, 1.807) is 73.8 Å². The van der Waals surface area contributed by atoms with Crippen molar-refractivity contribution >= 4 is 28.6 Å². The molecule has 45 heavy (non-hydrogen) atoms. The average molecular weight is 610 g/mol. The number of rotatable bonds is 9. The first-order valence-corrected chi connectivity index (χ1v) is 14.4. The van der Waals surface area contributed by atoms with Gasteiger partial charge in [-0.1, -0.05) is 18.2 Å². The standard InChI is InChI=1S/C33H32FN7O4/c1-38(26-15-17-44-20-26)16-5-10-29(42)39(2)24-7-4-8-25(19-24)41-32-30(31(35)36-21-37-32)40(33(41)43)23-11-13-27(14-12-23)45-28-9-3-6-22(34)18-28/h3-14,18-19,21,26H,15-17,20H2,1-2H3,(H2,35,36,37)/b10-5+/t26-/m0/s1. The van der Waals surface area contributed by atoms with Crippen molar-refractivity contribution in [2.45, 2.75) is 12.5 Å². The van der Waals surface area contributed by atoms with Crippen LogP contribution in [0.4, 0.5) is 15.9 Å². The van der Waals surface area contributed by atoms with Crippen LogP contribution in [-0.2, 0) is 9.53 Å². The maximum Gasteiger partial charge on any atom is 0.339 e. The lowest BCUT2D eigenvalue weighted by Crippen LogP contribution is -2.32. The summed E-state index contributed by atoms with van der Waals surface area (Å²) < 4.78 is 27.6. The van der Waals surface area contributed by atoms with Crippen molar-refractivity contribution in [1.29, 1.82) is 0 Å². The monoisotopic (exact) mass is 609 g/mol. The van der Waals surface area contributed by atoms with E-state index in [0.717, 1.165) is 13.0 Å². The quantitative estimate of drug-likeness (QED) is 0.245. The van der Waals surface area contributed by atoms with Crippen LogP contribution in [0, 0.1) is 5.82 Å². The Morgan fingerprint density at radius 1 is 1.04 bits per heavy atom. The van der Waals surface area contributed by atoms with Crippen LogP contribution >= 0.6 is 0 Å². The van der Waals surface area contributed by atoms with E-state index in [4.69, 9.17) is 15.2 Å². The SMILES string of the molecule is CN(C(=O)/C=C/CN(C)[C@H]1CCOC1)c1cccc(-n2c(=O)n(-c3ccc(Oc4cccc(F)c4)cc3)c3c(N)ncnc32)c1. The third-order valence-electron chi connectivity index (χ3n) is 7.76. The Kier molecular flexibility index (Phi) is 8.41. The van der Waals surface area contributed by atoms with E-state index in [0.29, 0.717) is 58.9 Å². The first kappa shape index (κ1) is 29.7. The van der Waals surface area contributed by atoms with Crippen molar-refractivity contribution in [2.75, 3.05) is 44.5 Å². The molecule has 2 N–H and O–H groups in total. The van der Waals surface area contributed by atoms with Gasteiger partial charge in [0, 0.05) is 44.1 Å². The summed E-state index contributed by atoms with van der Waals surface area (Å²) in [6.07, 6.45) is 5.67. The summed E-state index contributed by atoms with van der Waals surface area (Å²) in [7, 11) is 3.70. The van der Waals surface area contributed by atoms with Crippen molar-refractivity contribution in [3.05, 3.63) is 108 Å². The highest BCUT2D eigenvalue weighted by Crippen LogP contribution is 2.27. The summed E-state index contributed by atoms with van der Waals surface area (Å²) in [5.41, 5.74) is 8.06. The minimum atomic E-state index is -0.430. The first-order valence-electron chi connectivity index (χ1n) is 14.4. The number of amides is 1. The largest absolute Gasteiger partial charge is 0.457 e. The molecule has 1 fully saturated rings. The van der Waals surface area contributed by atoms with Gasteiger partial charge in [0.05, 0.1) is 18.0 Å². The molecule has 6 rings (SSSR count). The molecule has 12 heteroatoms. The molecule has 230 valence electrons. The van der Waals surface area contributed by atoms with Gasteiger partial charge in [0.15, 0.2) is 11.5 Å². The van der Waals surface area contributed by atoms with E-state index in [9.17, 15) is 14.0 Å². The number of nitrogens with two attached hydrogens (primary N) is 1. The molecule has 11 nitrogen and oxygen atoms in total. The summed E-state index contributed by atoms with van der Waals surface area (Å²) in [4.78, 5) is 39.2.